The van der Waals surface area contributed by atoms with Crippen LogP contribution in [0.5, 0.6) is 0 Å². The van der Waals surface area contributed by atoms with Gasteiger partial charge < -0.3 is 4.80 Å². The number of hydrogen-bond donors (Lipinski definition) is 1. The lowest BCUT2D eigenvalue weighted by Crippen LogP contribution is -2.36. The van der Waals surface area contributed by atoms with Gasteiger partial charge in [0, 0.05) is 6.42 Å². The van der Waals surface area contributed by atoms with Crippen molar-refractivity contribution >= 4 is 8.32 Å². The normalized spacial score (nSPS) is 11.4. The van der Waals surface area contributed by atoms with Gasteiger partial charge in [-0.2, -0.15) is 0 Å². The van der Waals surface area contributed by atoms with Crippen LogP contribution in [0.3, 0.4) is 0 Å². The molecule has 0 unspecified atom stereocenters. The molecule has 102 valence electrons. The molecule has 0 aliphatic heterocycles. The summed E-state index contributed by atoms with van der Waals surface area (Å²) >= 11 is 0. The molecule has 0 aromatic carbocycles. The molecule has 1 N–H and O–H groups in total. The zero-order valence-corrected chi connectivity index (χ0v) is 13.8. The Morgan fingerprint density at radius 1 is 1.06 bits per heavy atom. The Hall–Kier alpha value is -0.263. The zero-order chi connectivity index (χ0) is 13.9. The summed E-state index contributed by atoms with van der Waals surface area (Å²) in [5, 5.41) is 0.132. The van der Waals surface area contributed by atoms with E-state index >= 15 is 0 Å². The average Bonchev–Trinajstić information content (AvgIpc) is 2.15. The summed E-state index contributed by atoms with van der Waals surface area (Å²) in [6.07, 6.45) is 12.6. The van der Waals surface area contributed by atoms with Crippen molar-refractivity contribution in [1.29, 1.82) is 0 Å². The quantitative estimate of drug-likeness (QED) is 0.418. The van der Waals surface area contributed by atoms with Crippen molar-refractivity contribution in [2.24, 2.45) is 0 Å². The summed E-state index contributed by atoms with van der Waals surface area (Å²) in [6.45, 7) is 12.4. The molecule has 0 rings (SSSR count). The van der Waals surface area contributed by atoms with E-state index < -0.39 is 8.32 Å². The van der Waals surface area contributed by atoms with Crippen LogP contribution in [0.25, 0.3) is 0 Å². The van der Waals surface area contributed by atoms with Crippen molar-refractivity contribution in [2.45, 2.75) is 84.4 Å². The van der Waals surface area contributed by atoms with Gasteiger partial charge in [-0.1, -0.05) is 53.4 Å². The summed E-state index contributed by atoms with van der Waals surface area (Å²) < 4.78 is 0. The first kappa shape index (κ1) is 19.1. The van der Waals surface area contributed by atoms with Gasteiger partial charge in [0.05, 0.1) is 0 Å². The van der Waals surface area contributed by atoms with Gasteiger partial charge >= 0.3 is 0 Å². The topological polar surface area (TPSA) is 20.2 Å². The number of rotatable bonds is 5. The summed E-state index contributed by atoms with van der Waals surface area (Å²) in [7, 11) is -1.86. The second-order valence-corrected chi connectivity index (χ2v) is 10.8. The van der Waals surface area contributed by atoms with Gasteiger partial charge in [0.2, 0.25) is 0 Å². The van der Waals surface area contributed by atoms with Gasteiger partial charge in [-0.3, -0.25) is 0 Å². The molecular formula is C15H32OSi. The molecule has 0 bridgehead atoms. The van der Waals surface area contributed by atoms with Crippen LogP contribution in [-0.2, 0) is 0 Å². The fourth-order valence-electron chi connectivity index (χ4n) is 0.831. The van der Waals surface area contributed by atoms with Gasteiger partial charge in [0.25, 0.3) is 0 Å². The Balaban J connectivity index is 0. The molecule has 1 nitrogen and oxygen atoms in total. The Kier molecular flexibility index (Phi) is 10.9. The number of terminal acetylenes is 1. The van der Waals surface area contributed by atoms with Crippen LogP contribution >= 0.6 is 0 Å². The van der Waals surface area contributed by atoms with E-state index in [1.807, 2.05) is 13.1 Å². The summed E-state index contributed by atoms with van der Waals surface area (Å²) in [5.74, 6) is 2.64. The molecule has 0 heterocycles. The van der Waals surface area contributed by atoms with E-state index in [1.165, 1.54) is 32.1 Å². The molecule has 0 fully saturated rings. The molecular weight excluding hydrogens is 224 g/mol. The lowest BCUT2D eigenvalue weighted by atomic mass is 10.1. The predicted molar refractivity (Wildman–Crippen MR) is 81.6 cm³/mol. The van der Waals surface area contributed by atoms with E-state index in [-0.39, 0.29) is 5.04 Å². The molecule has 0 spiro atoms. The Morgan fingerprint density at radius 3 is 1.76 bits per heavy atom. The first-order chi connectivity index (χ1) is 7.66. The van der Waals surface area contributed by atoms with Gasteiger partial charge in [-0.25, -0.2) is 0 Å². The maximum absolute atomic E-state index is 9.49. The smallest absolute Gasteiger partial charge is 0.187 e. The fourth-order valence-corrected chi connectivity index (χ4v) is 0.831. The van der Waals surface area contributed by atoms with Gasteiger partial charge in [0.15, 0.2) is 8.32 Å². The summed E-state index contributed by atoms with van der Waals surface area (Å²) in [5.41, 5.74) is 0. The minimum Gasteiger partial charge on any atom is -0.432 e. The Morgan fingerprint density at radius 2 is 1.47 bits per heavy atom. The predicted octanol–water partition coefficient (Wildman–Crippen LogP) is 4.96. The highest BCUT2D eigenvalue weighted by molar-refractivity contribution is 6.72. The lowest BCUT2D eigenvalue weighted by Gasteiger charge is -2.30. The monoisotopic (exact) mass is 256 g/mol. The zero-order valence-electron chi connectivity index (χ0n) is 12.8. The molecule has 0 atom stereocenters. The van der Waals surface area contributed by atoms with Crippen LogP contribution in [0.15, 0.2) is 0 Å². The van der Waals surface area contributed by atoms with Crippen molar-refractivity contribution in [1.82, 2.24) is 0 Å². The largest absolute Gasteiger partial charge is 0.432 e. The van der Waals surface area contributed by atoms with E-state index in [0.29, 0.717) is 0 Å². The second-order valence-electron chi connectivity index (χ2n) is 6.18. The van der Waals surface area contributed by atoms with Gasteiger partial charge in [-0.05, 0) is 24.6 Å². The highest BCUT2D eigenvalue weighted by Gasteiger charge is 2.32. The standard InChI is InChI=1S/C9H16.C6H16OSi/c1-3-5-7-9-8-6-4-2;1-6(2,3)8(4,5)7/h1H,4-9H2,2H3;7H,1-5H3. The molecule has 2 heteroatoms. The van der Waals surface area contributed by atoms with Crippen molar-refractivity contribution in [3.8, 4) is 12.3 Å². The molecule has 0 saturated heterocycles. The van der Waals surface area contributed by atoms with Crippen LogP contribution in [0.1, 0.15) is 66.2 Å². The lowest BCUT2D eigenvalue weighted by molar-refractivity contribution is 0.487. The molecule has 0 aromatic heterocycles. The van der Waals surface area contributed by atoms with Crippen molar-refractivity contribution in [2.75, 3.05) is 0 Å². The first-order valence-corrected chi connectivity index (χ1v) is 9.77. The number of unbranched alkanes of at least 4 members (excludes halogenated alkanes) is 5. The highest BCUT2D eigenvalue weighted by Crippen LogP contribution is 2.33. The van der Waals surface area contributed by atoms with E-state index in [0.717, 1.165) is 6.42 Å². The third-order valence-corrected chi connectivity index (χ3v) is 6.93. The first-order valence-electron chi connectivity index (χ1n) is 6.82. The van der Waals surface area contributed by atoms with Crippen LogP contribution in [-0.4, -0.2) is 13.1 Å². The molecule has 17 heavy (non-hydrogen) atoms. The van der Waals surface area contributed by atoms with Crippen LogP contribution in [0, 0.1) is 12.3 Å². The maximum atomic E-state index is 9.49. The van der Waals surface area contributed by atoms with Crippen molar-refractivity contribution in [3.05, 3.63) is 0 Å². The van der Waals surface area contributed by atoms with Crippen molar-refractivity contribution in [3.63, 3.8) is 0 Å². The summed E-state index contributed by atoms with van der Waals surface area (Å²) in [6, 6.07) is 0. The maximum Gasteiger partial charge on any atom is 0.187 e. The molecule has 0 aliphatic carbocycles. The molecule has 0 saturated carbocycles. The fraction of sp³-hybridized carbons (Fsp3) is 0.867. The highest BCUT2D eigenvalue weighted by atomic mass is 28.4. The summed E-state index contributed by atoms with van der Waals surface area (Å²) in [4.78, 5) is 9.49. The Bertz CT molecular complexity index is 190. The number of hydrogen-bond acceptors (Lipinski definition) is 1. The van der Waals surface area contributed by atoms with Crippen LogP contribution in [0.2, 0.25) is 18.1 Å². The third-order valence-electron chi connectivity index (χ3n) is 3.26. The van der Waals surface area contributed by atoms with Crippen molar-refractivity contribution < 1.29 is 4.80 Å². The van der Waals surface area contributed by atoms with E-state index in [4.69, 9.17) is 6.42 Å². The SMILES string of the molecule is C#CCCCCCCC.CC(C)(C)[Si](C)(C)O. The minimum atomic E-state index is -1.86. The third kappa shape index (κ3) is 13.7. The average molecular weight is 257 g/mol. The van der Waals surface area contributed by atoms with Crippen LogP contribution < -0.4 is 0 Å². The van der Waals surface area contributed by atoms with Gasteiger partial charge in [0.1, 0.15) is 0 Å². The van der Waals surface area contributed by atoms with Gasteiger partial charge in [-0.15, -0.1) is 12.3 Å². The molecule has 0 aliphatic rings. The van der Waals surface area contributed by atoms with Crippen LogP contribution in [0.4, 0.5) is 0 Å². The molecule has 0 amide bonds. The van der Waals surface area contributed by atoms with E-state index in [1.54, 1.807) is 0 Å². The van der Waals surface area contributed by atoms with E-state index in [9.17, 15) is 4.80 Å². The Labute approximate surface area is 110 Å². The molecule has 0 aromatic rings. The second kappa shape index (κ2) is 9.73. The molecule has 0 radical (unpaired) electrons. The minimum absolute atomic E-state index is 0.132. The van der Waals surface area contributed by atoms with E-state index in [2.05, 4.69) is 33.6 Å².